The number of nitrogens with one attached hydrogen (secondary N) is 1. The Morgan fingerprint density at radius 2 is 1.90 bits per heavy atom. The number of benzene rings is 1. The van der Waals surface area contributed by atoms with Crippen LogP contribution < -0.4 is 10.1 Å². The summed E-state index contributed by atoms with van der Waals surface area (Å²) in [5.74, 6) is 0.506. The summed E-state index contributed by atoms with van der Waals surface area (Å²) in [5.41, 5.74) is 1.71. The molecule has 30 heavy (non-hydrogen) atoms. The summed E-state index contributed by atoms with van der Waals surface area (Å²) in [6.45, 7) is 2.72. The molecule has 0 spiro atoms. The number of carbonyl (C=O) groups is 1. The van der Waals surface area contributed by atoms with Gasteiger partial charge in [0, 0.05) is 12.6 Å². The molecule has 1 saturated carbocycles. The third kappa shape index (κ3) is 5.69. The third-order valence-corrected chi connectivity index (χ3v) is 5.70. The van der Waals surface area contributed by atoms with Crippen molar-refractivity contribution in [2.24, 2.45) is 0 Å². The molecule has 160 valence electrons. The Morgan fingerprint density at radius 3 is 2.53 bits per heavy atom. The van der Waals surface area contributed by atoms with E-state index in [4.69, 9.17) is 4.74 Å². The molecule has 1 saturated heterocycles. The maximum atomic E-state index is 13.2. The largest absolute Gasteiger partial charge is 0.490 e. The van der Waals surface area contributed by atoms with Crippen molar-refractivity contribution in [3.8, 4) is 5.75 Å². The lowest BCUT2D eigenvalue weighted by Crippen LogP contribution is -2.49. The molecular weight excluding hydrogens is 383 g/mol. The van der Waals surface area contributed by atoms with Gasteiger partial charge in [-0.05, 0) is 75.6 Å². The average molecular weight is 413 g/mol. The number of carbonyl (C=O) groups excluding carboxylic acids is 1. The minimum Gasteiger partial charge on any atom is -0.490 e. The molecule has 1 aromatic carbocycles. The molecule has 0 radical (unpaired) electrons. The topological polar surface area (TPSA) is 57.7 Å². The van der Waals surface area contributed by atoms with Crippen LogP contribution in [-0.2, 0) is 13.1 Å². The summed E-state index contributed by atoms with van der Waals surface area (Å²) in [7, 11) is 2.10. The molecule has 1 aliphatic heterocycles. The Bertz CT molecular complexity index is 831. The lowest BCUT2D eigenvalue weighted by molar-refractivity contribution is 0.126. The molecule has 1 aromatic heterocycles. The van der Waals surface area contributed by atoms with Crippen molar-refractivity contribution in [1.82, 2.24) is 20.1 Å². The van der Waals surface area contributed by atoms with E-state index >= 15 is 0 Å². The number of ether oxygens (including phenoxy) is 1. The van der Waals surface area contributed by atoms with Gasteiger partial charge in [-0.1, -0.05) is 12.1 Å². The predicted molar refractivity (Wildman–Crippen MR) is 113 cm³/mol. The molecule has 1 aliphatic carbocycles. The zero-order valence-electron chi connectivity index (χ0n) is 17.4. The highest BCUT2D eigenvalue weighted by Crippen LogP contribution is 2.26. The van der Waals surface area contributed by atoms with Crippen LogP contribution in [0.5, 0.6) is 5.75 Å². The Kier molecular flexibility index (Phi) is 6.47. The molecule has 1 N–H and O–H groups in total. The van der Waals surface area contributed by atoms with Gasteiger partial charge in [-0.2, -0.15) is 0 Å². The van der Waals surface area contributed by atoms with Gasteiger partial charge in [-0.25, -0.2) is 9.18 Å². The van der Waals surface area contributed by atoms with Crippen molar-refractivity contribution in [3.05, 3.63) is 59.7 Å². The summed E-state index contributed by atoms with van der Waals surface area (Å²) in [5, 5.41) is 3.04. The van der Waals surface area contributed by atoms with Gasteiger partial charge in [0.25, 0.3) is 0 Å². The number of hydrogen-bond acceptors (Lipinski definition) is 4. The highest BCUT2D eigenvalue weighted by molar-refractivity contribution is 5.74. The van der Waals surface area contributed by atoms with E-state index in [1.54, 1.807) is 6.07 Å². The molecule has 4 rings (SSSR count). The van der Waals surface area contributed by atoms with Crippen LogP contribution in [0.3, 0.4) is 0 Å². The van der Waals surface area contributed by atoms with Crippen molar-refractivity contribution in [2.45, 2.75) is 50.9 Å². The number of halogens is 1. The highest BCUT2D eigenvalue weighted by Gasteiger charge is 2.27. The van der Waals surface area contributed by atoms with Gasteiger partial charge in [0.05, 0.1) is 24.5 Å². The second-order valence-electron chi connectivity index (χ2n) is 8.25. The standard InChI is InChI=1S/C23H29FN4O2/c1-27-12-10-20(11-13-27)28(16-19-5-4-18(24)15-25-19)23(29)26-14-17-2-6-21(7-3-17)30-22-8-9-22/h2-7,15,20,22H,8-14,16H2,1H3,(H,26,29). The van der Waals surface area contributed by atoms with Crippen LogP contribution in [-0.4, -0.2) is 53.1 Å². The number of pyridine rings is 1. The second kappa shape index (κ2) is 9.43. The van der Waals surface area contributed by atoms with Gasteiger partial charge in [0.2, 0.25) is 0 Å². The first-order valence-electron chi connectivity index (χ1n) is 10.7. The van der Waals surface area contributed by atoms with Crippen molar-refractivity contribution < 1.29 is 13.9 Å². The second-order valence-corrected chi connectivity index (χ2v) is 8.25. The van der Waals surface area contributed by atoms with Crippen LogP contribution in [0.25, 0.3) is 0 Å². The van der Waals surface area contributed by atoms with E-state index in [9.17, 15) is 9.18 Å². The van der Waals surface area contributed by atoms with Crippen molar-refractivity contribution >= 4 is 6.03 Å². The van der Waals surface area contributed by atoms with E-state index in [2.05, 4.69) is 22.2 Å². The summed E-state index contributed by atoms with van der Waals surface area (Å²) < 4.78 is 19.0. The number of nitrogens with zero attached hydrogens (tertiary/aromatic N) is 3. The monoisotopic (exact) mass is 412 g/mol. The molecule has 0 bridgehead atoms. The van der Waals surface area contributed by atoms with Gasteiger partial charge < -0.3 is 19.9 Å². The van der Waals surface area contributed by atoms with Crippen molar-refractivity contribution in [2.75, 3.05) is 20.1 Å². The minimum absolute atomic E-state index is 0.117. The Labute approximate surface area is 177 Å². The molecule has 2 fully saturated rings. The predicted octanol–water partition coefficient (Wildman–Crippen LogP) is 3.57. The number of piperidine rings is 1. The van der Waals surface area contributed by atoms with Gasteiger partial charge in [0.15, 0.2) is 0 Å². The van der Waals surface area contributed by atoms with Crippen LogP contribution in [0.1, 0.15) is 36.9 Å². The lowest BCUT2D eigenvalue weighted by atomic mass is 10.0. The molecule has 7 heteroatoms. The van der Waals surface area contributed by atoms with Gasteiger partial charge in [-0.15, -0.1) is 0 Å². The summed E-state index contributed by atoms with van der Waals surface area (Å²) in [6, 6.07) is 10.9. The Balaban J connectivity index is 1.38. The number of hydrogen-bond donors (Lipinski definition) is 1. The smallest absolute Gasteiger partial charge is 0.318 e. The first kappa shape index (κ1) is 20.6. The van der Waals surface area contributed by atoms with Crippen LogP contribution >= 0.6 is 0 Å². The lowest BCUT2D eigenvalue weighted by Gasteiger charge is -2.37. The van der Waals surface area contributed by atoms with Crippen LogP contribution in [0, 0.1) is 5.82 Å². The normalized spacial score (nSPS) is 17.5. The number of amides is 2. The van der Waals surface area contributed by atoms with Crippen molar-refractivity contribution in [1.29, 1.82) is 0 Å². The molecule has 6 nitrogen and oxygen atoms in total. The van der Waals surface area contributed by atoms with E-state index in [1.165, 1.54) is 12.3 Å². The zero-order chi connectivity index (χ0) is 20.9. The van der Waals surface area contributed by atoms with Crippen LogP contribution in [0.15, 0.2) is 42.6 Å². The summed E-state index contributed by atoms with van der Waals surface area (Å²) >= 11 is 0. The SMILES string of the molecule is CN1CCC(N(Cc2ccc(F)cn2)C(=O)NCc2ccc(OC3CC3)cc2)CC1. The van der Waals surface area contributed by atoms with Crippen LogP contribution in [0.2, 0.25) is 0 Å². The number of urea groups is 1. The van der Waals surface area contributed by atoms with Gasteiger partial charge in [0.1, 0.15) is 11.6 Å². The Morgan fingerprint density at radius 1 is 1.17 bits per heavy atom. The first-order chi connectivity index (χ1) is 14.6. The Hall–Kier alpha value is -2.67. The number of rotatable bonds is 7. The van der Waals surface area contributed by atoms with E-state index < -0.39 is 0 Å². The van der Waals surface area contributed by atoms with Crippen LogP contribution in [0.4, 0.5) is 9.18 Å². The quantitative estimate of drug-likeness (QED) is 0.755. The van der Waals surface area contributed by atoms with Crippen molar-refractivity contribution in [3.63, 3.8) is 0 Å². The molecule has 2 amide bonds. The van der Waals surface area contributed by atoms with Gasteiger partial charge >= 0.3 is 6.03 Å². The summed E-state index contributed by atoms with van der Waals surface area (Å²) in [6.07, 6.45) is 5.67. The summed E-state index contributed by atoms with van der Waals surface area (Å²) in [4.78, 5) is 21.3. The van der Waals surface area contributed by atoms with E-state index in [-0.39, 0.29) is 17.9 Å². The molecule has 0 unspecified atom stereocenters. The maximum absolute atomic E-state index is 13.2. The minimum atomic E-state index is -0.372. The molecule has 2 heterocycles. The third-order valence-electron chi connectivity index (χ3n) is 5.70. The van der Waals surface area contributed by atoms with Gasteiger partial charge in [-0.3, -0.25) is 4.98 Å². The fraction of sp³-hybridized carbons (Fsp3) is 0.478. The molecule has 0 atom stereocenters. The maximum Gasteiger partial charge on any atom is 0.318 e. The van der Waals surface area contributed by atoms with E-state index in [0.717, 1.165) is 50.1 Å². The number of likely N-dealkylation sites (tertiary alicyclic amines) is 1. The molecular formula is C23H29FN4O2. The molecule has 2 aliphatic rings. The fourth-order valence-electron chi connectivity index (χ4n) is 3.69. The average Bonchev–Trinajstić information content (AvgIpc) is 3.57. The number of aromatic nitrogens is 1. The first-order valence-corrected chi connectivity index (χ1v) is 10.7. The van der Waals surface area contributed by atoms with E-state index in [1.807, 2.05) is 29.2 Å². The highest BCUT2D eigenvalue weighted by atomic mass is 19.1. The van der Waals surface area contributed by atoms with E-state index in [0.29, 0.717) is 24.9 Å². The zero-order valence-corrected chi connectivity index (χ0v) is 17.4. The fourth-order valence-corrected chi connectivity index (χ4v) is 3.69. The molecule has 2 aromatic rings.